The number of benzene rings is 1. The number of H-pyrrole nitrogens is 1. The Bertz CT molecular complexity index is 853. The second-order valence-corrected chi connectivity index (χ2v) is 5.86. The monoisotopic (exact) mass is 342 g/mol. The van der Waals surface area contributed by atoms with Crippen molar-refractivity contribution in [1.82, 2.24) is 4.98 Å². The first kappa shape index (κ1) is 17.5. The number of ether oxygens (including phenoxy) is 1. The van der Waals surface area contributed by atoms with Crippen LogP contribution in [0.15, 0.2) is 46.2 Å². The Labute approximate surface area is 142 Å². The highest BCUT2D eigenvalue weighted by Gasteiger charge is 2.13. The average Bonchev–Trinajstić information content (AvgIpc) is 2.58. The minimum Gasteiger partial charge on any atom is -0.457 e. The number of aromatic amines is 1. The summed E-state index contributed by atoms with van der Waals surface area (Å²) < 4.78 is 4.93. The van der Waals surface area contributed by atoms with Gasteiger partial charge in [-0.1, -0.05) is 42.1 Å². The maximum atomic E-state index is 11.8. The largest absolute Gasteiger partial charge is 0.457 e. The molecule has 0 aliphatic carbocycles. The maximum absolute atomic E-state index is 11.8. The topological polar surface area (TPSA) is 100 Å². The summed E-state index contributed by atoms with van der Waals surface area (Å²) in [5.74, 6) is -1.01. The summed E-state index contributed by atoms with van der Waals surface area (Å²) in [6.07, 6.45) is 0. The number of Topliss-reactive ketones (excluding diaryl/α,β-unsaturated/α-hetero) is 1. The highest BCUT2D eigenvalue weighted by molar-refractivity contribution is 7.99. The van der Waals surface area contributed by atoms with Crippen molar-refractivity contribution >= 4 is 23.5 Å². The van der Waals surface area contributed by atoms with Crippen molar-refractivity contribution < 1.29 is 14.3 Å². The maximum Gasteiger partial charge on any atom is 0.316 e. The lowest BCUT2D eigenvalue weighted by atomic mass is 10.1. The molecule has 7 heteroatoms. The van der Waals surface area contributed by atoms with Crippen LogP contribution in [0.5, 0.6) is 0 Å². The quantitative estimate of drug-likeness (QED) is 0.490. The molecule has 1 aromatic heterocycles. The molecule has 0 amide bonds. The van der Waals surface area contributed by atoms with E-state index in [1.165, 1.54) is 6.07 Å². The fraction of sp³-hybridized carbons (Fsp3) is 0.176. The number of thioether (sulfide) groups is 1. The van der Waals surface area contributed by atoms with E-state index >= 15 is 0 Å². The van der Waals surface area contributed by atoms with E-state index in [1.54, 1.807) is 37.3 Å². The van der Waals surface area contributed by atoms with Crippen LogP contribution in [0, 0.1) is 18.3 Å². The van der Waals surface area contributed by atoms with Crippen LogP contribution in [-0.4, -0.2) is 29.1 Å². The average molecular weight is 342 g/mol. The number of carbonyl (C=O) groups excluding carboxylic acids is 2. The van der Waals surface area contributed by atoms with Gasteiger partial charge in [-0.05, 0) is 12.5 Å². The van der Waals surface area contributed by atoms with E-state index in [2.05, 4.69) is 4.98 Å². The summed E-state index contributed by atoms with van der Waals surface area (Å²) in [7, 11) is 0. The van der Waals surface area contributed by atoms with Gasteiger partial charge in [-0.3, -0.25) is 14.4 Å². The number of nitrogens with zero attached hydrogens (tertiary/aromatic N) is 1. The van der Waals surface area contributed by atoms with Crippen molar-refractivity contribution in [3.63, 3.8) is 0 Å². The molecule has 0 saturated carbocycles. The molecule has 0 saturated heterocycles. The van der Waals surface area contributed by atoms with Gasteiger partial charge in [0.2, 0.25) is 5.56 Å². The summed E-state index contributed by atoms with van der Waals surface area (Å²) >= 11 is 0.992. The van der Waals surface area contributed by atoms with Gasteiger partial charge < -0.3 is 9.72 Å². The molecule has 0 atom stereocenters. The molecule has 0 bridgehead atoms. The van der Waals surface area contributed by atoms with Gasteiger partial charge in [0.15, 0.2) is 12.4 Å². The number of rotatable bonds is 6. The summed E-state index contributed by atoms with van der Waals surface area (Å²) in [5.41, 5.74) is 0.971. The van der Waals surface area contributed by atoms with Crippen molar-refractivity contribution in [2.75, 3.05) is 12.4 Å². The minimum atomic E-state index is -0.601. The SMILES string of the molecule is Cc1cc(=O)[nH]c(SCC(=O)OCC(=O)c2ccccc2)c1C#N. The number of esters is 1. The van der Waals surface area contributed by atoms with Crippen LogP contribution in [0.3, 0.4) is 0 Å². The summed E-state index contributed by atoms with van der Waals surface area (Å²) in [6.45, 7) is 1.30. The van der Waals surface area contributed by atoms with Crippen LogP contribution in [-0.2, 0) is 9.53 Å². The molecule has 0 radical (unpaired) electrons. The standard InChI is InChI=1S/C17H14N2O4S/c1-11-7-15(21)19-17(13(11)8-18)24-10-16(22)23-9-14(20)12-5-3-2-4-6-12/h2-7H,9-10H2,1H3,(H,19,21). The lowest BCUT2D eigenvalue weighted by molar-refractivity contribution is -0.139. The molecule has 0 unspecified atom stereocenters. The first-order valence-corrected chi connectivity index (χ1v) is 8.00. The number of nitrogens with one attached hydrogen (secondary N) is 1. The van der Waals surface area contributed by atoms with E-state index in [9.17, 15) is 14.4 Å². The van der Waals surface area contributed by atoms with Gasteiger partial charge in [0.05, 0.1) is 16.3 Å². The number of pyridine rings is 1. The Hall–Kier alpha value is -2.85. The lowest BCUT2D eigenvalue weighted by Gasteiger charge is -2.06. The number of hydrogen-bond donors (Lipinski definition) is 1. The Morgan fingerprint density at radius 1 is 1.29 bits per heavy atom. The third-order valence-electron chi connectivity index (χ3n) is 3.11. The molecule has 6 nitrogen and oxygen atoms in total. The van der Waals surface area contributed by atoms with Crippen molar-refractivity contribution in [2.24, 2.45) is 0 Å². The van der Waals surface area contributed by atoms with Gasteiger partial charge in [-0.15, -0.1) is 0 Å². The Balaban J connectivity index is 1.92. The van der Waals surface area contributed by atoms with Crippen LogP contribution in [0.4, 0.5) is 0 Å². The zero-order chi connectivity index (χ0) is 17.5. The number of ketones is 1. The number of hydrogen-bond acceptors (Lipinski definition) is 6. The molecule has 2 aromatic rings. The zero-order valence-electron chi connectivity index (χ0n) is 12.9. The molecule has 24 heavy (non-hydrogen) atoms. The van der Waals surface area contributed by atoms with Crippen molar-refractivity contribution in [3.8, 4) is 6.07 Å². The fourth-order valence-electron chi connectivity index (χ4n) is 1.93. The van der Waals surface area contributed by atoms with E-state index in [4.69, 9.17) is 10.00 Å². The van der Waals surface area contributed by atoms with Crippen molar-refractivity contribution in [3.05, 3.63) is 63.4 Å². The zero-order valence-corrected chi connectivity index (χ0v) is 13.7. The molecule has 1 N–H and O–H groups in total. The van der Waals surface area contributed by atoms with Crippen molar-refractivity contribution in [1.29, 1.82) is 5.26 Å². The lowest BCUT2D eigenvalue weighted by Crippen LogP contribution is -2.16. The molecule has 1 aromatic carbocycles. The first-order chi connectivity index (χ1) is 11.5. The number of nitriles is 1. The van der Waals surface area contributed by atoms with Gasteiger partial charge in [0.1, 0.15) is 6.07 Å². The normalized spacial score (nSPS) is 10.0. The summed E-state index contributed by atoms with van der Waals surface area (Å²) in [4.78, 5) is 37.6. The second kappa shape index (κ2) is 8.13. The number of aryl methyl sites for hydroxylation is 1. The van der Waals surface area contributed by atoms with Crippen LogP contribution in [0.1, 0.15) is 21.5 Å². The molecule has 1 heterocycles. The van der Waals surface area contributed by atoms with Gasteiger partial charge in [0.25, 0.3) is 0 Å². The highest BCUT2D eigenvalue weighted by atomic mass is 32.2. The summed E-state index contributed by atoms with van der Waals surface area (Å²) in [5, 5.41) is 9.43. The number of aromatic nitrogens is 1. The molecule has 122 valence electrons. The van der Waals surface area contributed by atoms with Crippen LogP contribution < -0.4 is 5.56 Å². The van der Waals surface area contributed by atoms with Crippen LogP contribution in [0.25, 0.3) is 0 Å². The summed E-state index contributed by atoms with van der Waals surface area (Å²) in [6, 6.07) is 11.8. The molecule has 2 rings (SSSR count). The predicted molar refractivity (Wildman–Crippen MR) is 89.0 cm³/mol. The molecular formula is C17H14N2O4S. The van der Waals surface area contributed by atoms with Crippen molar-refractivity contribution in [2.45, 2.75) is 11.9 Å². The third kappa shape index (κ3) is 4.57. The Morgan fingerprint density at radius 3 is 2.67 bits per heavy atom. The van der Waals surface area contributed by atoms with E-state index in [0.29, 0.717) is 21.7 Å². The fourth-order valence-corrected chi connectivity index (χ4v) is 2.80. The molecule has 0 aliphatic heterocycles. The van der Waals surface area contributed by atoms with Gasteiger partial charge in [-0.2, -0.15) is 5.26 Å². The molecule has 0 aliphatic rings. The minimum absolute atomic E-state index is 0.115. The van der Waals surface area contributed by atoms with E-state index < -0.39 is 5.97 Å². The highest BCUT2D eigenvalue weighted by Crippen LogP contribution is 2.20. The predicted octanol–water partition coefficient (Wildman–Crippen LogP) is 2.07. The van der Waals surface area contributed by atoms with E-state index in [0.717, 1.165) is 11.8 Å². The van der Waals surface area contributed by atoms with Crippen LogP contribution in [0.2, 0.25) is 0 Å². The second-order valence-electron chi connectivity index (χ2n) is 4.87. The number of carbonyl (C=O) groups is 2. The first-order valence-electron chi connectivity index (χ1n) is 7.02. The van der Waals surface area contributed by atoms with E-state index in [1.807, 2.05) is 6.07 Å². The van der Waals surface area contributed by atoms with Gasteiger partial charge in [0, 0.05) is 11.6 Å². The smallest absolute Gasteiger partial charge is 0.316 e. The molecule has 0 fully saturated rings. The molecule has 0 spiro atoms. The molecular weight excluding hydrogens is 328 g/mol. The van der Waals surface area contributed by atoms with Crippen LogP contribution >= 0.6 is 11.8 Å². The van der Waals surface area contributed by atoms with E-state index in [-0.39, 0.29) is 23.7 Å². The van der Waals surface area contributed by atoms with Gasteiger partial charge in [-0.25, -0.2) is 0 Å². The Kier molecular flexibility index (Phi) is 5.93. The Morgan fingerprint density at radius 2 is 2.00 bits per heavy atom. The van der Waals surface area contributed by atoms with Gasteiger partial charge >= 0.3 is 5.97 Å². The third-order valence-corrected chi connectivity index (χ3v) is 4.09.